The molecule has 2 nitrogen and oxygen atoms in total. The molecular formula is C36H20ClF13O2. The van der Waals surface area contributed by atoms with Gasteiger partial charge in [-0.15, -0.1) is 13.2 Å². The maximum absolute atomic E-state index is 15.3. The van der Waals surface area contributed by atoms with Crippen LogP contribution in [0.5, 0.6) is 11.5 Å². The molecule has 0 heterocycles. The highest BCUT2D eigenvalue weighted by atomic mass is 35.5. The lowest BCUT2D eigenvalue weighted by atomic mass is 9.96. The first-order valence-electron chi connectivity index (χ1n) is 14.9. The van der Waals surface area contributed by atoms with Crippen molar-refractivity contribution in [1.29, 1.82) is 0 Å². The number of ether oxygens (including phenoxy) is 2. The van der Waals surface area contributed by atoms with Gasteiger partial charge < -0.3 is 9.47 Å². The molecule has 5 rings (SSSR count). The second kappa shape index (κ2) is 14.6. The molecule has 5 aromatic rings. The highest BCUT2D eigenvalue weighted by molar-refractivity contribution is 6.33. The van der Waals surface area contributed by atoms with E-state index >= 15 is 22.0 Å². The van der Waals surface area contributed by atoms with E-state index < -0.39 is 109 Å². The van der Waals surface area contributed by atoms with E-state index in [1.165, 1.54) is 0 Å². The Balaban J connectivity index is 1.42. The van der Waals surface area contributed by atoms with Crippen LogP contribution >= 0.6 is 11.6 Å². The van der Waals surface area contributed by atoms with E-state index in [0.717, 1.165) is 24.6 Å². The van der Waals surface area contributed by atoms with Crippen molar-refractivity contribution >= 4 is 11.6 Å². The summed E-state index contributed by atoms with van der Waals surface area (Å²) < 4.78 is 193. The second-order valence-corrected chi connectivity index (χ2v) is 11.7. The number of benzene rings is 5. The Kier molecular flexibility index (Phi) is 10.8. The fourth-order valence-corrected chi connectivity index (χ4v) is 5.65. The van der Waals surface area contributed by atoms with Crippen molar-refractivity contribution in [3.63, 3.8) is 0 Å². The zero-order valence-electron chi connectivity index (χ0n) is 26.1. The van der Waals surface area contributed by atoms with Crippen molar-refractivity contribution in [3.05, 3.63) is 129 Å². The van der Waals surface area contributed by atoms with E-state index in [-0.39, 0.29) is 35.9 Å². The van der Waals surface area contributed by atoms with Gasteiger partial charge in [0.2, 0.25) is 5.75 Å². The predicted molar refractivity (Wildman–Crippen MR) is 164 cm³/mol. The molecule has 52 heavy (non-hydrogen) atoms. The molecule has 0 bridgehead atoms. The fraction of sp³-hybridized carbons (Fsp3) is 0.167. The largest absolute Gasteiger partial charge is 0.573 e. The first-order valence-corrected chi connectivity index (χ1v) is 15.3. The Morgan fingerprint density at radius 3 is 1.60 bits per heavy atom. The Labute approximate surface area is 291 Å². The third kappa shape index (κ3) is 8.09. The number of hydrogen-bond donors (Lipinski definition) is 0. The van der Waals surface area contributed by atoms with Crippen LogP contribution in [0, 0.1) is 46.5 Å². The summed E-state index contributed by atoms with van der Waals surface area (Å²) in [5.41, 5.74) is -5.42. The minimum atomic E-state index is -5.46. The summed E-state index contributed by atoms with van der Waals surface area (Å²) in [6.45, 7) is 1.88. The number of aryl methyl sites for hydroxylation is 1. The van der Waals surface area contributed by atoms with Crippen molar-refractivity contribution < 1.29 is 66.5 Å². The molecule has 0 atom stereocenters. The van der Waals surface area contributed by atoms with Gasteiger partial charge in [-0.2, -0.15) is 8.78 Å². The third-order valence-electron chi connectivity index (χ3n) is 7.59. The lowest BCUT2D eigenvalue weighted by molar-refractivity contribution is -0.276. The van der Waals surface area contributed by atoms with E-state index in [1.54, 1.807) is 0 Å². The van der Waals surface area contributed by atoms with Crippen LogP contribution in [0.3, 0.4) is 0 Å². The van der Waals surface area contributed by atoms with Crippen molar-refractivity contribution in [1.82, 2.24) is 0 Å². The topological polar surface area (TPSA) is 18.5 Å². The zero-order valence-corrected chi connectivity index (χ0v) is 26.8. The minimum Gasteiger partial charge on any atom is -0.429 e. The van der Waals surface area contributed by atoms with E-state index in [4.69, 9.17) is 11.6 Å². The van der Waals surface area contributed by atoms with Gasteiger partial charge in [-0.1, -0.05) is 24.9 Å². The van der Waals surface area contributed by atoms with E-state index in [1.807, 2.05) is 6.92 Å². The average molecular weight is 767 g/mol. The van der Waals surface area contributed by atoms with Gasteiger partial charge in [-0.05, 0) is 95.8 Å². The van der Waals surface area contributed by atoms with Gasteiger partial charge >= 0.3 is 12.5 Å². The van der Waals surface area contributed by atoms with Crippen LogP contribution in [0.15, 0.2) is 66.7 Å². The molecule has 16 heteroatoms. The van der Waals surface area contributed by atoms with Crippen molar-refractivity contribution in [2.45, 2.75) is 38.7 Å². The lowest BCUT2D eigenvalue weighted by Crippen LogP contribution is -2.25. The summed E-state index contributed by atoms with van der Waals surface area (Å²) in [4.78, 5) is 0. The quantitative estimate of drug-likeness (QED) is 0.132. The summed E-state index contributed by atoms with van der Waals surface area (Å²) in [5, 5.41) is -0.587. The highest BCUT2D eigenvalue weighted by Crippen LogP contribution is 2.42. The minimum absolute atomic E-state index is 0.241. The Hall–Kier alpha value is -4.92. The number of rotatable bonds is 10. The molecule has 0 spiro atoms. The number of unbranched alkanes of at least 4 members (excludes halogenated alkanes) is 1. The SMILES string of the molecule is CCCCc1cc(F)c(-c2cc(F)c(-c3cc(F)c(C(F)(F)Oc4ccc(-c5cc(F)c(OC(F)(F)F)c(F)c5)c(F)c4)c(F)c3)c(Cl)c2)c(F)c1. The van der Waals surface area contributed by atoms with Crippen LogP contribution in [-0.4, -0.2) is 6.36 Å². The number of alkyl halides is 5. The summed E-state index contributed by atoms with van der Waals surface area (Å²) in [6, 6.07) is 6.29. The summed E-state index contributed by atoms with van der Waals surface area (Å²) in [5.74, 6) is -15.5. The van der Waals surface area contributed by atoms with Gasteiger partial charge in [-0.3, -0.25) is 0 Å². The van der Waals surface area contributed by atoms with Crippen LogP contribution in [0.4, 0.5) is 57.1 Å². The Morgan fingerprint density at radius 1 is 0.558 bits per heavy atom. The monoisotopic (exact) mass is 766 g/mol. The van der Waals surface area contributed by atoms with Gasteiger partial charge in [0, 0.05) is 17.2 Å². The van der Waals surface area contributed by atoms with Gasteiger partial charge in [0.05, 0.1) is 10.6 Å². The lowest BCUT2D eigenvalue weighted by Gasteiger charge is -2.21. The van der Waals surface area contributed by atoms with Crippen molar-refractivity contribution in [2.24, 2.45) is 0 Å². The summed E-state index contributed by atoms with van der Waals surface area (Å²) in [7, 11) is 0. The van der Waals surface area contributed by atoms with Gasteiger partial charge in [0.1, 0.15) is 46.2 Å². The molecule has 274 valence electrons. The van der Waals surface area contributed by atoms with E-state index in [2.05, 4.69) is 9.47 Å². The highest BCUT2D eigenvalue weighted by Gasteiger charge is 2.42. The molecular weight excluding hydrogens is 747 g/mol. The third-order valence-corrected chi connectivity index (χ3v) is 7.89. The molecule has 0 saturated carbocycles. The van der Waals surface area contributed by atoms with Crippen LogP contribution < -0.4 is 9.47 Å². The smallest absolute Gasteiger partial charge is 0.429 e. The van der Waals surface area contributed by atoms with Crippen LogP contribution in [0.25, 0.3) is 33.4 Å². The molecule has 0 aliphatic rings. The number of halogens is 14. The molecule has 0 fully saturated rings. The Morgan fingerprint density at radius 2 is 1.08 bits per heavy atom. The first-order chi connectivity index (χ1) is 24.3. The van der Waals surface area contributed by atoms with Crippen LogP contribution in [0.2, 0.25) is 5.02 Å². The predicted octanol–water partition coefficient (Wildman–Crippen LogP) is 12.8. The standard InChI is InChI=1S/C36H20ClF13O2/c1-2-3-4-16-7-24(39)32(25(40)8-16)18-9-22(37)31(26(41)12-18)19-13-27(42)33(28(43)14-19)35(46,47)51-20-5-6-21(23(38)15-20)17-10-29(44)34(30(45)11-17)52-36(48,49)50/h5-15H,2-4H2,1H3. The van der Waals surface area contributed by atoms with Gasteiger partial charge in [0.15, 0.2) is 11.6 Å². The van der Waals surface area contributed by atoms with E-state index in [9.17, 15) is 35.1 Å². The Bertz CT molecular complexity index is 2070. The van der Waals surface area contributed by atoms with Gasteiger partial charge in [-0.25, -0.2) is 35.1 Å². The molecule has 5 aromatic carbocycles. The maximum Gasteiger partial charge on any atom is 0.573 e. The van der Waals surface area contributed by atoms with Crippen molar-refractivity contribution in [2.75, 3.05) is 0 Å². The molecule has 0 aromatic heterocycles. The second-order valence-electron chi connectivity index (χ2n) is 11.2. The zero-order chi connectivity index (χ0) is 38.3. The van der Waals surface area contributed by atoms with Crippen molar-refractivity contribution in [3.8, 4) is 44.9 Å². The average Bonchev–Trinajstić information content (AvgIpc) is 3.00. The number of hydrogen-bond acceptors (Lipinski definition) is 2. The molecule has 0 aliphatic heterocycles. The normalized spacial score (nSPS) is 12.0. The molecule has 0 unspecified atom stereocenters. The molecule has 0 radical (unpaired) electrons. The van der Waals surface area contributed by atoms with Crippen LogP contribution in [0.1, 0.15) is 30.9 Å². The molecule has 0 amide bonds. The van der Waals surface area contributed by atoms with Gasteiger partial charge in [0.25, 0.3) is 0 Å². The fourth-order valence-electron chi connectivity index (χ4n) is 5.34. The molecule has 0 saturated heterocycles. The summed E-state index contributed by atoms with van der Waals surface area (Å²) in [6.07, 6.45) is -8.53. The van der Waals surface area contributed by atoms with E-state index in [0.29, 0.717) is 36.6 Å². The summed E-state index contributed by atoms with van der Waals surface area (Å²) >= 11 is 6.16. The molecule has 0 aliphatic carbocycles. The maximum atomic E-state index is 15.3. The van der Waals surface area contributed by atoms with Crippen LogP contribution in [-0.2, 0) is 12.5 Å². The first kappa shape index (κ1) is 38.3. The molecule has 0 N–H and O–H groups in total.